The Balaban J connectivity index is 1.38. The van der Waals surface area contributed by atoms with E-state index in [1.54, 1.807) is 36.7 Å². The molecule has 142 valence electrons. The molecule has 1 amide bonds. The molecule has 4 rings (SSSR count). The second kappa shape index (κ2) is 7.15. The average molecular weight is 384 g/mol. The van der Waals surface area contributed by atoms with Crippen molar-refractivity contribution in [3.8, 4) is 17.2 Å². The molecule has 2 aromatic carbocycles. The summed E-state index contributed by atoms with van der Waals surface area (Å²) in [5.41, 5.74) is 1.62. The van der Waals surface area contributed by atoms with Crippen LogP contribution in [0.5, 0.6) is 17.2 Å². The fraction of sp³-hybridized carbons (Fsp3) is 0.100. The number of aromatic nitrogens is 1. The van der Waals surface area contributed by atoms with Gasteiger partial charge in [-0.15, -0.1) is 8.78 Å². The molecule has 0 fully saturated rings. The molecule has 0 bridgehead atoms. The van der Waals surface area contributed by atoms with Gasteiger partial charge in [0.15, 0.2) is 11.5 Å². The third kappa shape index (κ3) is 4.01. The first-order valence-corrected chi connectivity index (χ1v) is 8.31. The number of carbonyl (C=O) groups excluding carboxylic acids is 1. The minimum Gasteiger partial charge on any atom is -0.489 e. The second-order valence-corrected chi connectivity index (χ2v) is 5.96. The highest BCUT2D eigenvalue weighted by atomic mass is 19.3. The fourth-order valence-electron chi connectivity index (χ4n) is 2.58. The number of ether oxygens (including phenoxy) is 3. The van der Waals surface area contributed by atoms with Crippen LogP contribution in [0.1, 0.15) is 15.9 Å². The first-order valence-electron chi connectivity index (χ1n) is 8.31. The fourth-order valence-corrected chi connectivity index (χ4v) is 2.58. The summed E-state index contributed by atoms with van der Waals surface area (Å²) in [5, 5.41) is 2.62. The number of amides is 1. The highest BCUT2D eigenvalue weighted by Crippen LogP contribution is 2.42. The predicted octanol–water partition coefficient (Wildman–Crippen LogP) is 4.23. The molecule has 1 N–H and O–H groups in total. The van der Waals surface area contributed by atoms with Crippen molar-refractivity contribution in [2.45, 2.75) is 12.9 Å². The Hall–Kier alpha value is -3.68. The number of carbonyl (C=O) groups is 1. The van der Waals surface area contributed by atoms with E-state index in [9.17, 15) is 13.6 Å². The van der Waals surface area contributed by atoms with Crippen molar-refractivity contribution < 1.29 is 27.8 Å². The Morgan fingerprint density at radius 2 is 1.86 bits per heavy atom. The minimum absolute atomic E-state index is 0.0851. The van der Waals surface area contributed by atoms with E-state index in [0.717, 1.165) is 5.56 Å². The summed E-state index contributed by atoms with van der Waals surface area (Å²) in [4.78, 5) is 16.4. The molecule has 2 heterocycles. The normalized spacial score (nSPS) is 13.8. The monoisotopic (exact) mass is 384 g/mol. The van der Waals surface area contributed by atoms with Crippen LogP contribution in [0, 0.1) is 0 Å². The van der Waals surface area contributed by atoms with Gasteiger partial charge in [0, 0.05) is 35.3 Å². The minimum atomic E-state index is -3.70. The van der Waals surface area contributed by atoms with Gasteiger partial charge >= 0.3 is 6.29 Å². The summed E-state index contributed by atoms with van der Waals surface area (Å²) >= 11 is 0. The Morgan fingerprint density at radius 1 is 1.07 bits per heavy atom. The number of halogens is 2. The van der Waals surface area contributed by atoms with E-state index in [-0.39, 0.29) is 11.5 Å². The molecule has 0 spiro atoms. The van der Waals surface area contributed by atoms with Gasteiger partial charge in [-0.2, -0.15) is 0 Å². The van der Waals surface area contributed by atoms with Gasteiger partial charge in [-0.25, -0.2) is 0 Å². The first-order chi connectivity index (χ1) is 13.5. The zero-order valence-corrected chi connectivity index (χ0v) is 14.4. The van der Waals surface area contributed by atoms with E-state index in [0.29, 0.717) is 23.6 Å². The quantitative estimate of drug-likeness (QED) is 0.713. The third-order valence-electron chi connectivity index (χ3n) is 3.90. The Morgan fingerprint density at radius 3 is 2.61 bits per heavy atom. The van der Waals surface area contributed by atoms with Gasteiger partial charge in [-0.1, -0.05) is 6.07 Å². The van der Waals surface area contributed by atoms with Gasteiger partial charge in [0.2, 0.25) is 0 Å². The van der Waals surface area contributed by atoms with Gasteiger partial charge < -0.3 is 19.5 Å². The van der Waals surface area contributed by atoms with Crippen LogP contribution in [-0.4, -0.2) is 17.2 Å². The third-order valence-corrected chi connectivity index (χ3v) is 3.90. The van der Waals surface area contributed by atoms with E-state index in [2.05, 4.69) is 19.8 Å². The second-order valence-electron chi connectivity index (χ2n) is 5.96. The summed E-state index contributed by atoms with van der Waals surface area (Å²) in [5.74, 6) is -0.0183. The number of nitrogens with one attached hydrogen (secondary N) is 1. The van der Waals surface area contributed by atoms with Crippen LogP contribution in [0.25, 0.3) is 0 Å². The van der Waals surface area contributed by atoms with Crippen LogP contribution < -0.4 is 19.5 Å². The highest BCUT2D eigenvalue weighted by Gasteiger charge is 2.43. The summed E-state index contributed by atoms with van der Waals surface area (Å²) in [6, 6.07) is 14.3. The number of rotatable bonds is 5. The first kappa shape index (κ1) is 17.7. The maximum absolute atomic E-state index is 13.1. The zero-order valence-electron chi connectivity index (χ0n) is 14.4. The molecule has 0 aliphatic carbocycles. The molecule has 1 aliphatic rings. The molecule has 0 radical (unpaired) electrons. The number of benzene rings is 2. The lowest BCUT2D eigenvalue weighted by Crippen LogP contribution is -2.25. The molecule has 1 aromatic heterocycles. The molecular weight excluding hydrogens is 370 g/mol. The summed E-state index contributed by atoms with van der Waals surface area (Å²) in [6.45, 7) is 0.362. The highest BCUT2D eigenvalue weighted by molar-refractivity contribution is 6.04. The number of hydrogen-bond acceptors (Lipinski definition) is 5. The van der Waals surface area contributed by atoms with Crippen molar-refractivity contribution >= 4 is 11.6 Å². The summed E-state index contributed by atoms with van der Waals surface area (Å²) in [6.07, 6.45) is -0.303. The SMILES string of the molecule is O=C(Nc1ccc2c(c1)OC(F)(F)O2)c1ccc(OCc2cccnc2)cc1. The topological polar surface area (TPSA) is 69.7 Å². The van der Waals surface area contributed by atoms with E-state index >= 15 is 0 Å². The van der Waals surface area contributed by atoms with Gasteiger partial charge in [0.25, 0.3) is 5.91 Å². The van der Waals surface area contributed by atoms with E-state index < -0.39 is 12.2 Å². The average Bonchev–Trinajstić information content (AvgIpc) is 3.00. The number of nitrogens with zero attached hydrogens (tertiary/aromatic N) is 1. The lowest BCUT2D eigenvalue weighted by molar-refractivity contribution is -0.286. The van der Waals surface area contributed by atoms with Crippen molar-refractivity contribution in [3.63, 3.8) is 0 Å². The maximum Gasteiger partial charge on any atom is 0.586 e. The predicted molar refractivity (Wildman–Crippen MR) is 95.6 cm³/mol. The van der Waals surface area contributed by atoms with Crippen molar-refractivity contribution in [2.75, 3.05) is 5.32 Å². The molecule has 3 aromatic rings. The number of hydrogen-bond donors (Lipinski definition) is 1. The smallest absolute Gasteiger partial charge is 0.489 e. The lowest BCUT2D eigenvalue weighted by atomic mass is 10.2. The van der Waals surface area contributed by atoms with Crippen LogP contribution in [0.4, 0.5) is 14.5 Å². The summed E-state index contributed by atoms with van der Waals surface area (Å²) in [7, 11) is 0. The molecule has 0 saturated carbocycles. The molecule has 8 heteroatoms. The molecule has 0 atom stereocenters. The molecule has 0 unspecified atom stereocenters. The van der Waals surface area contributed by atoms with Gasteiger partial charge in [-0.05, 0) is 42.5 Å². The number of anilines is 1. The van der Waals surface area contributed by atoms with E-state index in [1.165, 1.54) is 18.2 Å². The number of alkyl halides is 2. The van der Waals surface area contributed by atoms with Crippen LogP contribution in [0.3, 0.4) is 0 Å². The summed E-state index contributed by atoms with van der Waals surface area (Å²) < 4.78 is 40.5. The zero-order chi connectivity index (χ0) is 19.6. The lowest BCUT2D eigenvalue weighted by Gasteiger charge is -2.08. The molecule has 28 heavy (non-hydrogen) atoms. The standard InChI is InChI=1S/C20H14F2N2O4/c21-20(22)27-17-8-5-15(10-18(17)28-20)24-19(25)14-3-6-16(7-4-14)26-12-13-2-1-9-23-11-13/h1-11H,12H2,(H,24,25). The van der Waals surface area contributed by atoms with Crippen LogP contribution in [0.2, 0.25) is 0 Å². The number of fused-ring (bicyclic) bond motifs is 1. The van der Waals surface area contributed by atoms with Crippen molar-refractivity contribution in [1.29, 1.82) is 0 Å². The van der Waals surface area contributed by atoms with E-state index in [1.807, 2.05) is 12.1 Å². The van der Waals surface area contributed by atoms with Crippen molar-refractivity contribution in [2.24, 2.45) is 0 Å². The molecule has 6 nitrogen and oxygen atoms in total. The van der Waals surface area contributed by atoms with Crippen LogP contribution in [0.15, 0.2) is 67.0 Å². The Labute approximate surface area is 158 Å². The van der Waals surface area contributed by atoms with Crippen LogP contribution >= 0.6 is 0 Å². The largest absolute Gasteiger partial charge is 0.586 e. The number of pyridine rings is 1. The van der Waals surface area contributed by atoms with Gasteiger partial charge in [0.1, 0.15) is 12.4 Å². The molecule has 0 saturated heterocycles. The van der Waals surface area contributed by atoms with Crippen molar-refractivity contribution in [3.05, 3.63) is 78.1 Å². The molecule has 1 aliphatic heterocycles. The van der Waals surface area contributed by atoms with Gasteiger partial charge in [-0.3, -0.25) is 9.78 Å². The Bertz CT molecular complexity index is 995. The maximum atomic E-state index is 13.1. The van der Waals surface area contributed by atoms with Gasteiger partial charge in [0.05, 0.1) is 0 Å². The van der Waals surface area contributed by atoms with Crippen molar-refractivity contribution in [1.82, 2.24) is 4.98 Å². The van der Waals surface area contributed by atoms with E-state index in [4.69, 9.17) is 4.74 Å². The Kier molecular flexibility index (Phi) is 4.52. The molecular formula is C20H14F2N2O4. The van der Waals surface area contributed by atoms with Crippen LogP contribution in [-0.2, 0) is 6.61 Å².